The van der Waals surface area contributed by atoms with Gasteiger partial charge in [-0.1, -0.05) is 70.7 Å². The predicted octanol–water partition coefficient (Wildman–Crippen LogP) is 5.37. The van der Waals surface area contributed by atoms with Gasteiger partial charge in [0.25, 0.3) is 0 Å². The Morgan fingerprint density at radius 3 is 1.50 bits per heavy atom. The Bertz CT molecular complexity index is 1570. The van der Waals surface area contributed by atoms with Crippen molar-refractivity contribution in [3.05, 3.63) is 143 Å². The second-order valence-corrected chi connectivity index (χ2v) is 8.00. The highest BCUT2D eigenvalue weighted by Crippen LogP contribution is 2.04. The number of carbonyl (C=O) groups excluding carboxylic acids is 4. The molecule has 0 aliphatic heterocycles. The van der Waals surface area contributed by atoms with E-state index in [2.05, 4.69) is 64.3 Å². The Morgan fingerprint density at radius 2 is 1.09 bits per heavy atom. The van der Waals surface area contributed by atoms with Crippen molar-refractivity contribution >= 4 is 37.7 Å². The van der Waals surface area contributed by atoms with Gasteiger partial charge in [-0.25, -0.2) is 0 Å². The van der Waals surface area contributed by atoms with Crippen molar-refractivity contribution in [3.63, 3.8) is 0 Å². The standard InChI is InChI=1S/C16H13N.C11H9Cl.C5H5BNO2.2CO2/c1-14-6-8-15(9-7-14)4-2-3-5-16-10-12-17-13-11-16;1-10-5-7-11(8-6-10)4-2-3-9-12;8-6-9-5-1-3-7-4-2-5;2*2-1-3/h3,5-13H,1H3;3,5-9H,1H3;1-4,8H;;/b5-3+;9-3+;;;. The third-order valence-corrected chi connectivity index (χ3v) is 4.71. The minimum atomic E-state index is 0.250. The monoisotopic (exact) mass is 605 g/mol. The molecule has 1 radical (unpaired) electrons. The van der Waals surface area contributed by atoms with Crippen LogP contribution in [0.2, 0.25) is 0 Å². The number of hydrogen-bond acceptors (Lipinski definition) is 8. The number of pyridine rings is 2. The lowest BCUT2D eigenvalue weighted by molar-refractivity contribution is -0.193. The molecular weight excluding hydrogens is 579 g/mol. The fourth-order valence-corrected chi connectivity index (χ4v) is 2.71. The van der Waals surface area contributed by atoms with E-state index in [9.17, 15) is 0 Å². The Labute approximate surface area is 262 Å². The van der Waals surface area contributed by atoms with Gasteiger partial charge in [0.05, 0.1) is 0 Å². The molecule has 2 heterocycles. The number of benzene rings is 2. The molecule has 0 saturated heterocycles. The summed E-state index contributed by atoms with van der Waals surface area (Å²) in [5.74, 6) is 12.4. The molecule has 2 aromatic carbocycles. The molecule has 0 saturated carbocycles. The summed E-state index contributed by atoms with van der Waals surface area (Å²) in [5, 5.41) is 8.15. The Hall–Kier alpha value is -5.79. The number of allylic oxidation sites excluding steroid dienone is 2. The van der Waals surface area contributed by atoms with Gasteiger partial charge in [-0.2, -0.15) is 19.2 Å². The van der Waals surface area contributed by atoms with Crippen molar-refractivity contribution in [3.8, 4) is 29.4 Å². The van der Waals surface area contributed by atoms with Crippen LogP contribution in [0.15, 0.2) is 115 Å². The van der Waals surface area contributed by atoms with Crippen LogP contribution in [-0.4, -0.2) is 35.0 Å². The first-order valence-electron chi connectivity index (χ1n) is 12.4. The highest BCUT2D eigenvalue weighted by molar-refractivity contribution is 6.25. The predicted molar refractivity (Wildman–Crippen MR) is 167 cm³/mol. The zero-order valence-electron chi connectivity index (χ0n) is 23.9. The van der Waals surface area contributed by atoms with Gasteiger partial charge < -0.3 is 9.68 Å². The maximum absolute atomic E-state index is 8.15. The van der Waals surface area contributed by atoms with Crippen LogP contribution >= 0.6 is 11.6 Å². The van der Waals surface area contributed by atoms with Gasteiger partial charge in [0, 0.05) is 41.4 Å². The largest absolute Gasteiger partial charge is 0.569 e. The summed E-state index contributed by atoms with van der Waals surface area (Å²) in [7, 11) is 0.634. The van der Waals surface area contributed by atoms with E-state index in [1.807, 2.05) is 60.7 Å². The maximum atomic E-state index is 8.15. The topological polar surface area (TPSA) is 124 Å². The van der Waals surface area contributed by atoms with Gasteiger partial charge in [-0.3, -0.25) is 9.97 Å². The van der Waals surface area contributed by atoms with Gasteiger partial charge in [0.2, 0.25) is 0 Å². The van der Waals surface area contributed by atoms with Crippen molar-refractivity contribution in [2.24, 2.45) is 0 Å². The fourth-order valence-electron chi connectivity index (χ4n) is 2.65. The highest BCUT2D eigenvalue weighted by Gasteiger charge is 1.89. The van der Waals surface area contributed by atoms with Gasteiger partial charge in [0.15, 0.2) is 0 Å². The number of rotatable bonds is 3. The van der Waals surface area contributed by atoms with Crippen LogP contribution in [0.1, 0.15) is 27.8 Å². The molecule has 0 amide bonds. The van der Waals surface area contributed by atoms with Gasteiger partial charge in [-0.05, 0) is 86.2 Å². The summed E-state index contributed by atoms with van der Waals surface area (Å²) < 4.78 is 4.60. The average Bonchev–Trinajstić information content (AvgIpc) is 3.04. The second-order valence-electron chi connectivity index (χ2n) is 7.75. The van der Waals surface area contributed by atoms with Crippen LogP contribution in [0.4, 0.5) is 0 Å². The van der Waals surface area contributed by atoms with Crippen LogP contribution in [0.25, 0.3) is 6.08 Å². The third-order valence-electron chi connectivity index (χ3n) is 4.59. The molecule has 1 N–H and O–H groups in total. The summed E-state index contributed by atoms with van der Waals surface area (Å²) in [4.78, 5) is 40.2. The first-order valence-corrected chi connectivity index (χ1v) is 12.9. The SMILES string of the molecule is Cc1ccc(C#C/C=C/Cl)cc1.Cc1ccc(C#C/C=C/c2ccncc2)cc1.O=C=O.O=C=O.O[B]Oc1ccncc1. The second kappa shape index (κ2) is 27.4. The molecule has 4 rings (SSSR count). The summed E-state index contributed by atoms with van der Waals surface area (Å²) in [6.07, 6.45) is 12.7. The van der Waals surface area contributed by atoms with Crippen LogP contribution in [0, 0.1) is 37.5 Å². The number of halogens is 1. The van der Waals surface area contributed by atoms with Crippen molar-refractivity contribution in [1.29, 1.82) is 0 Å². The Balaban J connectivity index is 0.000000600. The van der Waals surface area contributed by atoms with Crippen LogP contribution in [0.3, 0.4) is 0 Å². The molecule has 0 unspecified atom stereocenters. The van der Waals surface area contributed by atoms with Crippen LogP contribution in [0.5, 0.6) is 5.75 Å². The number of aryl methyl sites for hydroxylation is 2. The lowest BCUT2D eigenvalue weighted by Gasteiger charge is -1.96. The van der Waals surface area contributed by atoms with E-state index < -0.39 is 0 Å². The van der Waals surface area contributed by atoms with Crippen LogP contribution < -0.4 is 4.65 Å². The molecule has 0 fully saturated rings. The smallest absolute Gasteiger partial charge is 0.537 e. The maximum Gasteiger partial charge on any atom is 0.569 e. The summed E-state index contributed by atoms with van der Waals surface area (Å²) in [5.41, 5.74) is 7.06. The normalized spacial score (nSPS) is 8.55. The first-order chi connectivity index (χ1) is 21.4. The van der Waals surface area contributed by atoms with Crippen molar-refractivity contribution < 1.29 is 28.9 Å². The van der Waals surface area contributed by atoms with E-state index in [0.29, 0.717) is 13.4 Å². The van der Waals surface area contributed by atoms with E-state index in [4.69, 9.17) is 35.8 Å². The van der Waals surface area contributed by atoms with E-state index in [1.54, 1.807) is 43.0 Å². The molecule has 0 atom stereocenters. The van der Waals surface area contributed by atoms with E-state index in [1.165, 1.54) is 16.7 Å². The lowest BCUT2D eigenvalue weighted by Crippen LogP contribution is -1.98. The highest BCUT2D eigenvalue weighted by atomic mass is 35.5. The first kappa shape index (κ1) is 38.2. The van der Waals surface area contributed by atoms with E-state index in [0.717, 1.165) is 16.7 Å². The summed E-state index contributed by atoms with van der Waals surface area (Å²) in [6.45, 7) is 4.12. The van der Waals surface area contributed by atoms with E-state index in [-0.39, 0.29) is 12.3 Å². The molecule has 219 valence electrons. The van der Waals surface area contributed by atoms with Crippen molar-refractivity contribution in [1.82, 2.24) is 9.97 Å². The molecule has 0 bridgehead atoms. The van der Waals surface area contributed by atoms with Gasteiger partial charge in [0.1, 0.15) is 5.75 Å². The average molecular weight is 606 g/mol. The molecule has 2 aromatic heterocycles. The summed E-state index contributed by atoms with van der Waals surface area (Å²) in [6, 6.07) is 23.4. The van der Waals surface area contributed by atoms with Gasteiger partial charge >= 0.3 is 20.0 Å². The molecule has 0 aliphatic carbocycles. The molecule has 10 heteroatoms. The van der Waals surface area contributed by atoms with Gasteiger partial charge in [-0.15, -0.1) is 0 Å². The van der Waals surface area contributed by atoms with Crippen LogP contribution in [-0.2, 0) is 19.2 Å². The minimum Gasteiger partial charge on any atom is -0.537 e. The van der Waals surface area contributed by atoms with E-state index >= 15 is 0 Å². The molecule has 44 heavy (non-hydrogen) atoms. The number of nitrogens with zero attached hydrogens (tertiary/aromatic N) is 2. The molecule has 4 aromatic rings. The zero-order chi connectivity index (χ0) is 32.7. The third kappa shape index (κ3) is 22.0. The van der Waals surface area contributed by atoms with Crippen molar-refractivity contribution in [2.75, 3.05) is 0 Å². The van der Waals surface area contributed by atoms with Crippen molar-refractivity contribution in [2.45, 2.75) is 13.8 Å². The molecule has 0 spiro atoms. The lowest BCUT2D eigenvalue weighted by atomic mass is 10.1. The summed E-state index contributed by atoms with van der Waals surface area (Å²) >= 11 is 5.31. The molecule has 0 aliphatic rings. The Kier molecular flexibility index (Phi) is 23.8. The zero-order valence-corrected chi connectivity index (χ0v) is 24.6. The number of aromatic nitrogens is 2. The Morgan fingerprint density at radius 1 is 0.682 bits per heavy atom. The molecule has 8 nitrogen and oxygen atoms in total. The molecular formula is C34H27BClN2O6. The number of hydrogen-bond donors (Lipinski definition) is 1. The quantitative estimate of drug-likeness (QED) is 0.244. The minimum absolute atomic E-state index is 0.250. The fraction of sp³-hybridized carbons (Fsp3) is 0.0588.